The molecule has 90 valence electrons. The minimum absolute atomic E-state index is 0.254. The van der Waals surface area contributed by atoms with Gasteiger partial charge in [0, 0.05) is 22.7 Å². The lowest BCUT2D eigenvalue weighted by Gasteiger charge is -2.39. The number of thiophene rings is 1. The van der Waals surface area contributed by atoms with Gasteiger partial charge in [-0.05, 0) is 29.8 Å². The maximum absolute atomic E-state index is 11.0. The van der Waals surface area contributed by atoms with Gasteiger partial charge in [0.1, 0.15) is 0 Å². The summed E-state index contributed by atoms with van der Waals surface area (Å²) in [5, 5.41) is 17.7. The van der Waals surface area contributed by atoms with Gasteiger partial charge in [-0.1, -0.05) is 25.1 Å². The maximum Gasteiger partial charge on any atom is 0.0959 e. The van der Waals surface area contributed by atoms with Crippen LogP contribution in [0, 0.1) is 5.92 Å². The Hall–Kier alpha value is -0.900. The average Bonchev–Trinajstić information content (AvgIpc) is 2.81. The molecular formula is C14H17NOS. The summed E-state index contributed by atoms with van der Waals surface area (Å²) in [6, 6.07) is 8.38. The first kappa shape index (κ1) is 11.2. The van der Waals surface area contributed by atoms with Gasteiger partial charge in [-0.3, -0.25) is 0 Å². The summed E-state index contributed by atoms with van der Waals surface area (Å²) < 4.78 is 1.24. The molecular weight excluding hydrogens is 230 g/mol. The molecule has 2 atom stereocenters. The van der Waals surface area contributed by atoms with E-state index in [1.807, 2.05) is 0 Å². The van der Waals surface area contributed by atoms with E-state index in [4.69, 9.17) is 0 Å². The first-order valence-electron chi connectivity index (χ1n) is 6.11. The van der Waals surface area contributed by atoms with Gasteiger partial charge >= 0.3 is 0 Å². The molecule has 2 unspecified atom stereocenters. The Labute approximate surface area is 105 Å². The molecule has 0 radical (unpaired) electrons. The predicted octanol–water partition coefficient (Wildman–Crippen LogP) is 2.72. The number of rotatable bonds is 1. The Morgan fingerprint density at radius 3 is 3.12 bits per heavy atom. The summed E-state index contributed by atoms with van der Waals surface area (Å²) in [5.74, 6) is 0.254. The van der Waals surface area contributed by atoms with Crippen LogP contribution in [0.3, 0.4) is 0 Å². The molecule has 3 rings (SSSR count). The molecule has 0 spiro atoms. The van der Waals surface area contributed by atoms with Crippen LogP contribution in [-0.4, -0.2) is 18.2 Å². The van der Waals surface area contributed by atoms with Crippen LogP contribution in [0.4, 0.5) is 0 Å². The van der Waals surface area contributed by atoms with E-state index in [9.17, 15) is 5.11 Å². The van der Waals surface area contributed by atoms with E-state index in [1.165, 1.54) is 10.1 Å². The molecule has 0 amide bonds. The van der Waals surface area contributed by atoms with Gasteiger partial charge in [-0.25, -0.2) is 0 Å². The molecule has 2 heterocycles. The van der Waals surface area contributed by atoms with Gasteiger partial charge in [0.15, 0.2) is 0 Å². The van der Waals surface area contributed by atoms with Gasteiger partial charge in [0.25, 0.3) is 0 Å². The van der Waals surface area contributed by atoms with E-state index in [-0.39, 0.29) is 5.92 Å². The van der Waals surface area contributed by atoms with Crippen LogP contribution in [0.15, 0.2) is 29.6 Å². The predicted molar refractivity (Wildman–Crippen MR) is 72.4 cm³/mol. The molecule has 0 bridgehead atoms. The highest BCUT2D eigenvalue weighted by atomic mass is 32.1. The minimum Gasteiger partial charge on any atom is -0.385 e. The van der Waals surface area contributed by atoms with Crippen LogP contribution in [0.5, 0.6) is 0 Å². The second kappa shape index (κ2) is 4.09. The summed E-state index contributed by atoms with van der Waals surface area (Å²) in [6.45, 7) is 3.90. The Morgan fingerprint density at radius 2 is 2.29 bits per heavy atom. The minimum atomic E-state index is -0.671. The van der Waals surface area contributed by atoms with E-state index in [2.05, 4.69) is 41.9 Å². The quantitative estimate of drug-likeness (QED) is 0.812. The molecule has 2 aromatic rings. The Kier molecular flexibility index (Phi) is 2.69. The van der Waals surface area contributed by atoms with Crippen molar-refractivity contribution in [2.45, 2.75) is 18.9 Å². The zero-order valence-electron chi connectivity index (χ0n) is 9.94. The molecule has 3 heteroatoms. The van der Waals surface area contributed by atoms with Gasteiger partial charge in [-0.2, -0.15) is 0 Å². The number of piperidine rings is 1. The first-order valence-corrected chi connectivity index (χ1v) is 6.99. The SMILES string of the molecule is CC1CNCCC1(O)c1cccc2ccsc12. The van der Waals surface area contributed by atoms with Crippen LogP contribution < -0.4 is 5.32 Å². The standard InChI is InChI=1S/C14H17NOS/c1-10-9-15-7-6-14(10,16)12-4-2-3-11-5-8-17-13(11)12/h2-5,8,10,15-16H,6-7,9H2,1H3. The third-order valence-electron chi connectivity index (χ3n) is 3.89. The first-order chi connectivity index (χ1) is 8.22. The maximum atomic E-state index is 11.0. The Balaban J connectivity index is 2.16. The smallest absolute Gasteiger partial charge is 0.0959 e. The second-order valence-electron chi connectivity index (χ2n) is 4.92. The zero-order chi connectivity index (χ0) is 11.9. The number of hydrogen-bond donors (Lipinski definition) is 2. The number of aliphatic hydroxyl groups is 1. The highest BCUT2D eigenvalue weighted by molar-refractivity contribution is 7.17. The fraction of sp³-hybridized carbons (Fsp3) is 0.429. The van der Waals surface area contributed by atoms with Crippen LogP contribution >= 0.6 is 11.3 Å². The molecule has 2 nitrogen and oxygen atoms in total. The van der Waals surface area contributed by atoms with Crippen LogP contribution in [0.25, 0.3) is 10.1 Å². The van der Waals surface area contributed by atoms with Gasteiger partial charge in [0.2, 0.25) is 0 Å². The molecule has 2 N–H and O–H groups in total. The highest BCUT2D eigenvalue weighted by Gasteiger charge is 2.38. The van der Waals surface area contributed by atoms with Crippen molar-refractivity contribution in [3.8, 4) is 0 Å². The van der Waals surface area contributed by atoms with E-state index < -0.39 is 5.60 Å². The number of nitrogens with one attached hydrogen (secondary N) is 1. The van der Waals surface area contributed by atoms with Crippen LogP contribution in [-0.2, 0) is 5.60 Å². The van der Waals surface area contributed by atoms with Gasteiger partial charge in [0.05, 0.1) is 5.60 Å². The van der Waals surface area contributed by atoms with E-state index in [1.54, 1.807) is 11.3 Å². The normalized spacial score (nSPS) is 29.6. The third-order valence-corrected chi connectivity index (χ3v) is 4.86. The number of hydrogen-bond acceptors (Lipinski definition) is 3. The molecule has 1 aromatic heterocycles. The van der Waals surface area contributed by atoms with Crippen molar-refractivity contribution >= 4 is 21.4 Å². The van der Waals surface area contributed by atoms with E-state index >= 15 is 0 Å². The van der Waals surface area contributed by atoms with Crippen molar-refractivity contribution in [1.82, 2.24) is 5.32 Å². The summed E-state index contributed by atoms with van der Waals surface area (Å²) in [4.78, 5) is 0. The van der Waals surface area contributed by atoms with E-state index in [0.717, 1.165) is 25.1 Å². The summed E-state index contributed by atoms with van der Waals surface area (Å²) >= 11 is 1.73. The van der Waals surface area contributed by atoms with Crippen molar-refractivity contribution in [1.29, 1.82) is 0 Å². The largest absolute Gasteiger partial charge is 0.385 e. The lowest BCUT2D eigenvalue weighted by molar-refractivity contribution is -0.0377. The lowest BCUT2D eigenvalue weighted by Crippen LogP contribution is -2.46. The molecule has 1 saturated heterocycles. The fourth-order valence-corrected chi connectivity index (χ4v) is 3.74. The monoisotopic (exact) mass is 247 g/mol. The van der Waals surface area contributed by atoms with E-state index in [0.29, 0.717) is 0 Å². The van der Waals surface area contributed by atoms with Crippen LogP contribution in [0.2, 0.25) is 0 Å². The second-order valence-corrected chi connectivity index (χ2v) is 5.84. The molecule has 1 aliphatic heterocycles. The van der Waals surface area contributed by atoms with Gasteiger partial charge < -0.3 is 10.4 Å². The highest BCUT2D eigenvalue weighted by Crippen LogP contribution is 2.40. The molecule has 17 heavy (non-hydrogen) atoms. The van der Waals surface area contributed by atoms with Crippen LogP contribution in [0.1, 0.15) is 18.9 Å². The summed E-state index contributed by atoms with van der Waals surface area (Å²) in [6.07, 6.45) is 0.797. The van der Waals surface area contributed by atoms with Crippen molar-refractivity contribution < 1.29 is 5.11 Å². The van der Waals surface area contributed by atoms with Crippen molar-refractivity contribution in [3.63, 3.8) is 0 Å². The molecule has 1 aromatic carbocycles. The molecule has 1 fully saturated rings. The fourth-order valence-electron chi connectivity index (χ4n) is 2.75. The summed E-state index contributed by atoms with van der Waals surface area (Å²) in [7, 11) is 0. The molecule has 0 aliphatic carbocycles. The summed E-state index contributed by atoms with van der Waals surface area (Å²) in [5.41, 5.74) is 0.439. The van der Waals surface area contributed by atoms with Crippen molar-refractivity contribution in [2.24, 2.45) is 5.92 Å². The molecule has 1 aliphatic rings. The topological polar surface area (TPSA) is 32.3 Å². The Bertz CT molecular complexity index is 536. The number of fused-ring (bicyclic) bond motifs is 1. The zero-order valence-corrected chi connectivity index (χ0v) is 10.8. The van der Waals surface area contributed by atoms with Crippen molar-refractivity contribution in [3.05, 3.63) is 35.2 Å². The van der Waals surface area contributed by atoms with Crippen molar-refractivity contribution in [2.75, 3.05) is 13.1 Å². The number of benzene rings is 1. The average molecular weight is 247 g/mol. The Morgan fingerprint density at radius 1 is 1.41 bits per heavy atom. The van der Waals surface area contributed by atoms with Gasteiger partial charge in [-0.15, -0.1) is 11.3 Å². The third kappa shape index (κ3) is 1.69. The lowest BCUT2D eigenvalue weighted by atomic mass is 9.77. The molecule has 0 saturated carbocycles.